The standard InChI is InChI=1S/C25H30N4O3S/c1-28(22-8-4-2-5-9-22)33(31,32)24-14-12-21(13-15-24)25(30)26-17-16-20-18-27-29(19-20)23-10-6-3-7-11-23/h3,6-7,10-15,18-19,22H,2,4-5,8-9,16-17H2,1H3,(H,26,30). The molecule has 1 heterocycles. The van der Waals surface area contributed by atoms with Gasteiger partial charge in [0.05, 0.1) is 16.8 Å². The van der Waals surface area contributed by atoms with Gasteiger partial charge in [-0.2, -0.15) is 9.40 Å². The molecule has 1 saturated carbocycles. The Kier molecular flexibility index (Phi) is 7.25. The Hall–Kier alpha value is -2.97. The van der Waals surface area contributed by atoms with Crippen molar-refractivity contribution in [1.29, 1.82) is 0 Å². The largest absolute Gasteiger partial charge is 0.352 e. The minimum Gasteiger partial charge on any atom is -0.352 e. The molecule has 0 saturated heterocycles. The molecule has 0 atom stereocenters. The fourth-order valence-electron chi connectivity index (χ4n) is 4.22. The second-order valence-corrected chi connectivity index (χ2v) is 10.5. The molecule has 0 aliphatic heterocycles. The Morgan fingerprint density at radius 1 is 1.06 bits per heavy atom. The number of sulfonamides is 1. The van der Waals surface area contributed by atoms with Crippen molar-refractivity contribution in [3.8, 4) is 5.69 Å². The average molecular weight is 467 g/mol. The molecule has 33 heavy (non-hydrogen) atoms. The lowest BCUT2D eigenvalue weighted by molar-refractivity contribution is 0.0954. The maximum absolute atomic E-state index is 13.0. The highest BCUT2D eigenvalue weighted by atomic mass is 32.2. The SMILES string of the molecule is CN(C1CCCCC1)S(=O)(=O)c1ccc(C(=O)NCCc2cnn(-c3ccccc3)c2)cc1. The molecule has 2 aromatic carbocycles. The van der Waals surface area contributed by atoms with Crippen LogP contribution in [-0.4, -0.2) is 48.0 Å². The summed E-state index contributed by atoms with van der Waals surface area (Å²) in [4.78, 5) is 12.7. The van der Waals surface area contributed by atoms with Gasteiger partial charge in [0, 0.05) is 31.4 Å². The number of hydrogen-bond donors (Lipinski definition) is 1. The van der Waals surface area contributed by atoms with Crippen molar-refractivity contribution in [3.05, 3.63) is 78.1 Å². The molecule has 1 aromatic heterocycles. The van der Waals surface area contributed by atoms with Gasteiger partial charge in [-0.05, 0) is 61.2 Å². The van der Waals surface area contributed by atoms with Gasteiger partial charge in [-0.3, -0.25) is 4.79 Å². The maximum atomic E-state index is 13.0. The summed E-state index contributed by atoms with van der Waals surface area (Å²) in [5.74, 6) is -0.227. The van der Waals surface area contributed by atoms with Crippen molar-refractivity contribution in [3.63, 3.8) is 0 Å². The number of aromatic nitrogens is 2. The third kappa shape index (κ3) is 5.51. The number of nitrogens with one attached hydrogen (secondary N) is 1. The van der Waals surface area contributed by atoms with Crippen LogP contribution in [0.5, 0.6) is 0 Å². The first-order chi connectivity index (χ1) is 15.9. The molecule has 1 aliphatic carbocycles. The van der Waals surface area contributed by atoms with E-state index >= 15 is 0 Å². The Morgan fingerprint density at radius 2 is 1.76 bits per heavy atom. The van der Waals surface area contributed by atoms with E-state index in [9.17, 15) is 13.2 Å². The molecular formula is C25H30N4O3S. The Balaban J connectivity index is 1.31. The predicted octanol–water partition coefficient (Wildman–Crippen LogP) is 3.80. The molecule has 8 heteroatoms. The normalized spacial score (nSPS) is 15.0. The summed E-state index contributed by atoms with van der Waals surface area (Å²) in [6, 6.07) is 16.1. The van der Waals surface area contributed by atoms with Gasteiger partial charge in [0.2, 0.25) is 10.0 Å². The minimum atomic E-state index is -3.56. The first-order valence-electron chi connectivity index (χ1n) is 11.4. The van der Waals surface area contributed by atoms with Crippen LogP contribution in [0.15, 0.2) is 71.9 Å². The number of para-hydroxylation sites is 1. The van der Waals surface area contributed by atoms with Crippen molar-refractivity contribution in [1.82, 2.24) is 19.4 Å². The van der Waals surface area contributed by atoms with E-state index in [4.69, 9.17) is 0 Å². The minimum absolute atomic E-state index is 0.0537. The van der Waals surface area contributed by atoms with E-state index < -0.39 is 10.0 Å². The van der Waals surface area contributed by atoms with Crippen molar-refractivity contribution in [2.75, 3.05) is 13.6 Å². The molecule has 174 valence electrons. The van der Waals surface area contributed by atoms with E-state index in [0.717, 1.165) is 36.9 Å². The molecule has 3 aromatic rings. The zero-order valence-corrected chi connectivity index (χ0v) is 19.7. The third-order valence-electron chi connectivity index (χ3n) is 6.24. The number of rotatable bonds is 8. The summed E-state index contributed by atoms with van der Waals surface area (Å²) in [5, 5.41) is 7.26. The highest BCUT2D eigenvalue weighted by Crippen LogP contribution is 2.26. The van der Waals surface area contributed by atoms with Gasteiger partial charge >= 0.3 is 0 Å². The predicted molar refractivity (Wildman–Crippen MR) is 128 cm³/mol. The summed E-state index contributed by atoms with van der Waals surface area (Å²) < 4.78 is 29.2. The van der Waals surface area contributed by atoms with E-state index in [0.29, 0.717) is 18.5 Å². The molecule has 1 fully saturated rings. The lowest BCUT2D eigenvalue weighted by Crippen LogP contribution is -2.38. The summed E-state index contributed by atoms with van der Waals surface area (Å²) >= 11 is 0. The average Bonchev–Trinajstić information content (AvgIpc) is 3.33. The Bertz CT molecular complexity index is 1170. The molecule has 1 N–H and O–H groups in total. The highest BCUT2D eigenvalue weighted by Gasteiger charge is 2.29. The van der Waals surface area contributed by atoms with Gasteiger partial charge in [-0.1, -0.05) is 37.5 Å². The van der Waals surface area contributed by atoms with E-state index in [1.165, 1.54) is 22.9 Å². The van der Waals surface area contributed by atoms with Crippen molar-refractivity contribution in [2.45, 2.75) is 49.5 Å². The molecule has 1 aliphatic rings. The van der Waals surface area contributed by atoms with E-state index in [1.54, 1.807) is 30.1 Å². The fraction of sp³-hybridized carbons (Fsp3) is 0.360. The first kappa shape index (κ1) is 23.2. The first-order valence-corrected chi connectivity index (χ1v) is 12.8. The Labute approximate surface area is 195 Å². The monoisotopic (exact) mass is 466 g/mol. The van der Waals surface area contributed by atoms with Gasteiger partial charge in [-0.15, -0.1) is 0 Å². The lowest BCUT2D eigenvalue weighted by atomic mass is 9.96. The van der Waals surface area contributed by atoms with Crippen LogP contribution in [0.3, 0.4) is 0 Å². The van der Waals surface area contributed by atoms with Gasteiger partial charge in [-0.25, -0.2) is 13.1 Å². The van der Waals surface area contributed by atoms with Crippen molar-refractivity contribution < 1.29 is 13.2 Å². The molecule has 0 unspecified atom stereocenters. The highest BCUT2D eigenvalue weighted by molar-refractivity contribution is 7.89. The number of benzene rings is 2. The summed E-state index contributed by atoms with van der Waals surface area (Å²) in [6.07, 6.45) is 9.50. The van der Waals surface area contributed by atoms with Crippen molar-refractivity contribution in [2.24, 2.45) is 0 Å². The van der Waals surface area contributed by atoms with Gasteiger partial charge in [0.15, 0.2) is 0 Å². The molecular weight excluding hydrogens is 436 g/mol. The zero-order chi connectivity index (χ0) is 23.3. The van der Waals surface area contributed by atoms with Crippen molar-refractivity contribution >= 4 is 15.9 Å². The molecule has 1 amide bonds. The van der Waals surface area contributed by atoms with Crippen LogP contribution >= 0.6 is 0 Å². The van der Waals surface area contributed by atoms with Gasteiger partial charge in [0.1, 0.15) is 0 Å². The topological polar surface area (TPSA) is 84.3 Å². The molecule has 0 bridgehead atoms. The molecule has 0 spiro atoms. The van der Waals surface area contributed by atoms with Gasteiger partial charge in [0.25, 0.3) is 5.91 Å². The molecule has 4 rings (SSSR count). The number of carbonyl (C=O) groups excluding carboxylic acids is 1. The smallest absolute Gasteiger partial charge is 0.251 e. The third-order valence-corrected chi connectivity index (χ3v) is 8.16. The van der Waals surface area contributed by atoms with E-state index in [1.807, 2.05) is 36.5 Å². The second kappa shape index (κ2) is 10.3. The maximum Gasteiger partial charge on any atom is 0.251 e. The zero-order valence-electron chi connectivity index (χ0n) is 18.9. The van der Waals surface area contributed by atoms with E-state index in [2.05, 4.69) is 10.4 Å². The molecule has 0 radical (unpaired) electrons. The number of amides is 1. The summed E-state index contributed by atoms with van der Waals surface area (Å²) in [5.41, 5.74) is 2.44. The summed E-state index contributed by atoms with van der Waals surface area (Å²) in [6.45, 7) is 0.462. The number of carbonyl (C=O) groups is 1. The molecule has 7 nitrogen and oxygen atoms in total. The van der Waals surface area contributed by atoms with E-state index in [-0.39, 0.29) is 16.8 Å². The van der Waals surface area contributed by atoms with Crippen LogP contribution in [0.4, 0.5) is 0 Å². The lowest BCUT2D eigenvalue weighted by Gasteiger charge is -2.30. The van der Waals surface area contributed by atoms with Crippen LogP contribution in [0.1, 0.15) is 48.0 Å². The second-order valence-electron chi connectivity index (χ2n) is 8.47. The Morgan fingerprint density at radius 3 is 2.45 bits per heavy atom. The van der Waals surface area contributed by atoms with Crippen LogP contribution in [0.25, 0.3) is 5.69 Å². The van der Waals surface area contributed by atoms with Crippen LogP contribution in [0.2, 0.25) is 0 Å². The number of hydrogen-bond acceptors (Lipinski definition) is 4. The summed E-state index contributed by atoms with van der Waals surface area (Å²) in [7, 11) is -1.90. The number of nitrogens with zero attached hydrogens (tertiary/aromatic N) is 3. The quantitative estimate of drug-likeness (QED) is 0.547. The van der Waals surface area contributed by atoms with Crippen LogP contribution < -0.4 is 5.32 Å². The van der Waals surface area contributed by atoms with Gasteiger partial charge < -0.3 is 5.32 Å². The fourth-order valence-corrected chi connectivity index (χ4v) is 5.63. The van der Waals surface area contributed by atoms with Crippen LogP contribution in [-0.2, 0) is 16.4 Å². The van der Waals surface area contributed by atoms with Crippen LogP contribution in [0, 0.1) is 0 Å².